The van der Waals surface area contributed by atoms with Crippen LogP contribution in [0.5, 0.6) is 0 Å². The Morgan fingerprint density at radius 3 is 2.36 bits per heavy atom. The molecular formula is C24H25BrN2O5S. The van der Waals surface area contributed by atoms with E-state index in [1.807, 2.05) is 6.92 Å². The summed E-state index contributed by atoms with van der Waals surface area (Å²) in [6.45, 7) is 5.22. The fourth-order valence-corrected chi connectivity index (χ4v) is 5.17. The van der Waals surface area contributed by atoms with Crippen LogP contribution in [0, 0.1) is 6.92 Å². The molecule has 1 amide bonds. The molecule has 0 aliphatic carbocycles. The van der Waals surface area contributed by atoms with Gasteiger partial charge >= 0.3 is 0 Å². The Labute approximate surface area is 201 Å². The van der Waals surface area contributed by atoms with E-state index in [0.717, 1.165) is 23.1 Å². The van der Waals surface area contributed by atoms with Gasteiger partial charge in [0.2, 0.25) is 14.9 Å². The van der Waals surface area contributed by atoms with E-state index in [1.54, 1.807) is 12.1 Å². The number of halogens is 1. The molecule has 0 saturated carbocycles. The molecule has 1 aliphatic heterocycles. The third-order valence-electron chi connectivity index (χ3n) is 5.60. The normalized spacial score (nSPS) is 15.8. The number of carbonyl (C=O) groups excluding carboxylic acids is 1. The summed E-state index contributed by atoms with van der Waals surface area (Å²) in [5.74, 6) is -0.507. The van der Waals surface area contributed by atoms with Gasteiger partial charge < -0.3 is 14.5 Å². The van der Waals surface area contributed by atoms with Gasteiger partial charge in [0.15, 0.2) is 5.76 Å². The molecule has 2 heterocycles. The molecule has 1 saturated heterocycles. The van der Waals surface area contributed by atoms with Gasteiger partial charge in [-0.2, -0.15) is 0 Å². The monoisotopic (exact) mass is 532 g/mol. The number of aryl methyl sites for hydroxylation is 1. The topological polar surface area (TPSA) is 88.8 Å². The Morgan fingerprint density at radius 1 is 1.03 bits per heavy atom. The Hall–Kier alpha value is -2.46. The summed E-state index contributed by atoms with van der Waals surface area (Å²) in [5.41, 5.74) is 2.26. The number of nitrogens with zero attached hydrogens (tertiary/aromatic N) is 1. The van der Waals surface area contributed by atoms with Crippen LogP contribution < -0.4 is 5.32 Å². The predicted octanol–water partition coefficient (Wildman–Crippen LogP) is 3.99. The molecular weight excluding hydrogens is 508 g/mol. The van der Waals surface area contributed by atoms with Crippen LogP contribution in [0.2, 0.25) is 0 Å². The molecule has 1 aliphatic rings. The molecule has 1 unspecified atom stereocenters. The minimum atomic E-state index is -3.85. The smallest absolute Gasteiger partial charge is 0.287 e. The summed E-state index contributed by atoms with van der Waals surface area (Å²) in [6, 6.07) is 17.1. The Bertz CT molecular complexity index is 1200. The SMILES string of the molecule is Cc1ccc(C(CNC(=O)c2ccc(S(=O)(=O)c3ccc(Br)cc3)o2)N2CCOCC2)cc1. The number of sulfone groups is 1. The van der Waals surface area contributed by atoms with Gasteiger partial charge in [-0.3, -0.25) is 9.69 Å². The van der Waals surface area contributed by atoms with Crippen molar-refractivity contribution < 1.29 is 22.4 Å². The first-order valence-electron chi connectivity index (χ1n) is 10.6. The van der Waals surface area contributed by atoms with E-state index in [2.05, 4.69) is 50.4 Å². The van der Waals surface area contributed by atoms with Crippen molar-refractivity contribution in [3.05, 3.63) is 82.0 Å². The van der Waals surface area contributed by atoms with Crippen LogP contribution in [-0.4, -0.2) is 52.1 Å². The van der Waals surface area contributed by atoms with Crippen LogP contribution in [0.3, 0.4) is 0 Å². The number of rotatable bonds is 7. The Morgan fingerprint density at radius 2 is 1.70 bits per heavy atom. The van der Waals surface area contributed by atoms with Gasteiger partial charge in [0.25, 0.3) is 5.91 Å². The van der Waals surface area contributed by atoms with Gasteiger partial charge in [-0.1, -0.05) is 45.8 Å². The van der Waals surface area contributed by atoms with E-state index < -0.39 is 15.7 Å². The maximum atomic E-state index is 12.8. The van der Waals surface area contributed by atoms with Gasteiger partial charge in [-0.25, -0.2) is 8.42 Å². The van der Waals surface area contributed by atoms with Crippen molar-refractivity contribution in [3.8, 4) is 0 Å². The lowest BCUT2D eigenvalue weighted by molar-refractivity contribution is 0.0161. The molecule has 1 atom stereocenters. The molecule has 2 aromatic carbocycles. The second-order valence-corrected chi connectivity index (χ2v) is 10.7. The maximum Gasteiger partial charge on any atom is 0.287 e. The standard InChI is InChI=1S/C24H25BrN2O5S/c1-17-2-4-18(5-3-17)21(27-12-14-31-15-13-27)16-26-24(28)22-10-11-23(32-22)33(29,30)20-8-6-19(25)7-9-20/h2-11,21H,12-16H2,1H3,(H,26,28). The molecule has 1 N–H and O–H groups in total. The van der Waals surface area contributed by atoms with Crippen LogP contribution in [0.15, 0.2) is 79.5 Å². The van der Waals surface area contributed by atoms with Gasteiger partial charge in [-0.15, -0.1) is 0 Å². The summed E-state index contributed by atoms with van der Waals surface area (Å²) in [7, 11) is -3.85. The lowest BCUT2D eigenvalue weighted by Crippen LogP contribution is -2.43. The van der Waals surface area contributed by atoms with E-state index in [1.165, 1.54) is 29.8 Å². The molecule has 4 rings (SSSR count). The highest BCUT2D eigenvalue weighted by molar-refractivity contribution is 9.10. The van der Waals surface area contributed by atoms with E-state index in [9.17, 15) is 13.2 Å². The van der Waals surface area contributed by atoms with E-state index in [0.29, 0.717) is 19.8 Å². The highest BCUT2D eigenvalue weighted by Gasteiger charge is 2.26. The Balaban J connectivity index is 1.48. The number of furan rings is 1. The number of amides is 1. The number of ether oxygens (including phenoxy) is 1. The zero-order valence-electron chi connectivity index (χ0n) is 18.2. The zero-order valence-corrected chi connectivity index (χ0v) is 20.6. The third kappa shape index (κ3) is 5.55. The van der Waals surface area contributed by atoms with Crippen molar-refractivity contribution in [1.29, 1.82) is 0 Å². The first kappa shape index (κ1) is 23.7. The number of hydrogen-bond donors (Lipinski definition) is 1. The summed E-state index contributed by atoms with van der Waals surface area (Å²) in [4.78, 5) is 15.2. The lowest BCUT2D eigenvalue weighted by Gasteiger charge is -2.35. The molecule has 7 nitrogen and oxygen atoms in total. The molecule has 0 radical (unpaired) electrons. The van der Waals surface area contributed by atoms with Crippen molar-refractivity contribution in [2.45, 2.75) is 23.0 Å². The fourth-order valence-electron chi connectivity index (χ4n) is 3.73. The molecule has 1 aromatic heterocycles. The molecule has 0 bridgehead atoms. The minimum absolute atomic E-state index is 0.0284. The molecule has 174 valence electrons. The number of morpholine rings is 1. The quantitative estimate of drug-likeness (QED) is 0.494. The van der Waals surface area contributed by atoms with Crippen molar-refractivity contribution in [1.82, 2.24) is 10.2 Å². The van der Waals surface area contributed by atoms with Crippen LogP contribution in [0.1, 0.15) is 27.7 Å². The molecule has 33 heavy (non-hydrogen) atoms. The average Bonchev–Trinajstić information content (AvgIpc) is 3.33. The van der Waals surface area contributed by atoms with Gasteiger partial charge in [0.1, 0.15) is 0 Å². The minimum Gasteiger partial charge on any atom is -0.439 e. The van der Waals surface area contributed by atoms with Crippen molar-refractivity contribution >= 4 is 31.7 Å². The fraction of sp³-hybridized carbons (Fsp3) is 0.292. The zero-order chi connectivity index (χ0) is 23.4. The average molecular weight is 533 g/mol. The molecule has 1 fully saturated rings. The largest absolute Gasteiger partial charge is 0.439 e. The van der Waals surface area contributed by atoms with Gasteiger partial charge in [0, 0.05) is 24.1 Å². The van der Waals surface area contributed by atoms with Crippen molar-refractivity contribution in [2.24, 2.45) is 0 Å². The highest BCUT2D eigenvalue weighted by atomic mass is 79.9. The van der Waals surface area contributed by atoms with Crippen molar-refractivity contribution in [3.63, 3.8) is 0 Å². The van der Waals surface area contributed by atoms with Crippen molar-refractivity contribution in [2.75, 3.05) is 32.8 Å². The first-order chi connectivity index (χ1) is 15.8. The first-order valence-corrected chi connectivity index (χ1v) is 12.9. The summed E-state index contributed by atoms with van der Waals surface area (Å²) in [5, 5.41) is 2.64. The van der Waals surface area contributed by atoms with Gasteiger partial charge in [-0.05, 0) is 48.9 Å². The van der Waals surface area contributed by atoms with Crippen LogP contribution in [0.25, 0.3) is 0 Å². The van der Waals surface area contributed by atoms with Crippen LogP contribution >= 0.6 is 15.9 Å². The second-order valence-electron chi connectivity index (χ2n) is 7.86. The molecule has 3 aromatic rings. The molecule has 9 heteroatoms. The number of benzene rings is 2. The van der Waals surface area contributed by atoms with Crippen LogP contribution in [-0.2, 0) is 14.6 Å². The van der Waals surface area contributed by atoms with Gasteiger partial charge in [0.05, 0.1) is 24.2 Å². The summed E-state index contributed by atoms with van der Waals surface area (Å²) in [6.07, 6.45) is 0. The Kier molecular flexibility index (Phi) is 7.33. The molecule has 0 spiro atoms. The van der Waals surface area contributed by atoms with Crippen LogP contribution in [0.4, 0.5) is 0 Å². The third-order valence-corrected chi connectivity index (χ3v) is 7.77. The maximum absolute atomic E-state index is 12.8. The lowest BCUT2D eigenvalue weighted by atomic mass is 10.0. The summed E-state index contributed by atoms with van der Waals surface area (Å²) >= 11 is 3.29. The van der Waals surface area contributed by atoms with E-state index in [-0.39, 0.29) is 21.8 Å². The summed E-state index contributed by atoms with van der Waals surface area (Å²) < 4.78 is 37.3. The number of hydrogen-bond acceptors (Lipinski definition) is 6. The van der Waals surface area contributed by atoms with E-state index >= 15 is 0 Å². The predicted molar refractivity (Wildman–Crippen MR) is 127 cm³/mol. The number of carbonyl (C=O) groups is 1. The number of nitrogens with one attached hydrogen (secondary N) is 1. The van der Waals surface area contributed by atoms with E-state index in [4.69, 9.17) is 9.15 Å². The second kappa shape index (κ2) is 10.2. The highest BCUT2D eigenvalue weighted by Crippen LogP contribution is 2.25.